The minimum Gasteiger partial charge on any atom is -0.495 e. The lowest BCUT2D eigenvalue weighted by Gasteiger charge is -2.15. The number of ether oxygens (including phenoxy) is 1. The van der Waals surface area contributed by atoms with Crippen molar-refractivity contribution in [3.63, 3.8) is 0 Å². The zero-order chi connectivity index (χ0) is 17.5. The zero-order valence-corrected chi connectivity index (χ0v) is 15.4. The Bertz CT molecular complexity index is 853. The molecule has 3 rings (SSSR count). The highest BCUT2D eigenvalue weighted by molar-refractivity contribution is 7.99. The second-order valence-corrected chi connectivity index (χ2v) is 6.71. The first-order chi connectivity index (χ1) is 12.3. The number of benzene rings is 3. The predicted molar refractivity (Wildman–Crippen MR) is 110 cm³/mol. The molecule has 0 saturated carbocycles. The molecule has 0 aromatic heterocycles. The van der Waals surface area contributed by atoms with Crippen LogP contribution in [0.5, 0.6) is 5.75 Å². The number of thiocarbonyl (C=S) groups is 1. The van der Waals surface area contributed by atoms with Gasteiger partial charge in [-0.05, 0) is 48.6 Å². The lowest BCUT2D eigenvalue weighted by atomic mass is 10.3. The Morgan fingerprint density at radius 1 is 0.800 bits per heavy atom. The molecule has 3 aromatic carbocycles. The molecule has 0 fully saturated rings. The van der Waals surface area contributed by atoms with E-state index in [1.54, 1.807) is 18.9 Å². The van der Waals surface area contributed by atoms with Gasteiger partial charge in [0.25, 0.3) is 0 Å². The van der Waals surface area contributed by atoms with Gasteiger partial charge in [-0.15, -0.1) is 0 Å². The number of para-hydroxylation sites is 3. The van der Waals surface area contributed by atoms with Crippen molar-refractivity contribution in [3.05, 3.63) is 78.9 Å². The molecule has 2 N–H and O–H groups in total. The molecular formula is C20H18N2OS2. The highest BCUT2D eigenvalue weighted by Gasteiger charge is 2.08. The molecule has 3 aromatic rings. The van der Waals surface area contributed by atoms with E-state index in [1.807, 2.05) is 60.7 Å². The fraction of sp³-hybridized carbons (Fsp3) is 0.0500. The summed E-state index contributed by atoms with van der Waals surface area (Å²) in [6.45, 7) is 0. The molecule has 0 saturated heterocycles. The average molecular weight is 367 g/mol. The quantitative estimate of drug-likeness (QED) is 0.570. The van der Waals surface area contributed by atoms with E-state index in [0.717, 1.165) is 22.0 Å². The van der Waals surface area contributed by atoms with Gasteiger partial charge in [0.2, 0.25) is 0 Å². The van der Waals surface area contributed by atoms with Gasteiger partial charge >= 0.3 is 0 Å². The minimum atomic E-state index is 0.519. The molecule has 0 heterocycles. The summed E-state index contributed by atoms with van der Waals surface area (Å²) >= 11 is 7.16. The summed E-state index contributed by atoms with van der Waals surface area (Å²) in [5, 5.41) is 6.98. The van der Waals surface area contributed by atoms with Gasteiger partial charge in [0.1, 0.15) is 5.75 Å². The molecule has 0 aliphatic carbocycles. The van der Waals surface area contributed by atoms with Gasteiger partial charge in [0.15, 0.2) is 5.11 Å². The van der Waals surface area contributed by atoms with Crippen LogP contribution in [-0.2, 0) is 0 Å². The van der Waals surface area contributed by atoms with E-state index in [-0.39, 0.29) is 0 Å². The van der Waals surface area contributed by atoms with Gasteiger partial charge in [0.05, 0.1) is 18.5 Å². The van der Waals surface area contributed by atoms with Crippen LogP contribution >= 0.6 is 24.0 Å². The van der Waals surface area contributed by atoms with Crippen LogP contribution in [0.2, 0.25) is 0 Å². The molecule has 0 bridgehead atoms. The van der Waals surface area contributed by atoms with Crippen molar-refractivity contribution in [3.8, 4) is 5.75 Å². The Hall–Kier alpha value is -2.50. The third-order valence-electron chi connectivity index (χ3n) is 3.46. The largest absolute Gasteiger partial charge is 0.495 e. The SMILES string of the molecule is COc1ccccc1NC(=S)Nc1ccccc1Sc1ccccc1. The molecule has 25 heavy (non-hydrogen) atoms. The Kier molecular flexibility index (Phi) is 5.93. The van der Waals surface area contributed by atoms with Crippen molar-refractivity contribution in [2.45, 2.75) is 9.79 Å². The number of hydrogen-bond acceptors (Lipinski definition) is 3. The van der Waals surface area contributed by atoms with E-state index in [2.05, 4.69) is 28.8 Å². The van der Waals surface area contributed by atoms with Crippen molar-refractivity contribution < 1.29 is 4.74 Å². The summed E-state index contributed by atoms with van der Waals surface area (Å²) in [7, 11) is 1.64. The van der Waals surface area contributed by atoms with Crippen molar-refractivity contribution in [2.24, 2.45) is 0 Å². The van der Waals surface area contributed by atoms with E-state index < -0.39 is 0 Å². The van der Waals surface area contributed by atoms with Crippen molar-refractivity contribution in [2.75, 3.05) is 17.7 Å². The summed E-state index contributed by atoms with van der Waals surface area (Å²) < 4.78 is 5.35. The fourth-order valence-corrected chi connectivity index (χ4v) is 3.44. The number of methoxy groups -OCH3 is 1. The average Bonchev–Trinajstić information content (AvgIpc) is 2.64. The highest BCUT2D eigenvalue weighted by atomic mass is 32.2. The van der Waals surface area contributed by atoms with E-state index in [9.17, 15) is 0 Å². The minimum absolute atomic E-state index is 0.519. The van der Waals surface area contributed by atoms with E-state index in [4.69, 9.17) is 17.0 Å². The van der Waals surface area contributed by atoms with Crippen LogP contribution in [0, 0.1) is 0 Å². The van der Waals surface area contributed by atoms with Gasteiger partial charge in [-0.25, -0.2) is 0 Å². The lowest BCUT2D eigenvalue weighted by Crippen LogP contribution is -2.19. The molecule has 0 aliphatic rings. The van der Waals surface area contributed by atoms with Crippen molar-refractivity contribution >= 4 is 40.5 Å². The Morgan fingerprint density at radius 2 is 1.40 bits per heavy atom. The monoisotopic (exact) mass is 366 g/mol. The van der Waals surface area contributed by atoms with Gasteiger partial charge in [-0.2, -0.15) is 0 Å². The maximum atomic E-state index is 5.46. The van der Waals surface area contributed by atoms with Crippen LogP contribution in [0.4, 0.5) is 11.4 Å². The molecule has 0 atom stereocenters. The van der Waals surface area contributed by atoms with Gasteiger partial charge in [-0.1, -0.05) is 54.2 Å². The maximum absolute atomic E-state index is 5.46. The van der Waals surface area contributed by atoms with Crippen LogP contribution in [0.3, 0.4) is 0 Å². The molecule has 0 unspecified atom stereocenters. The molecular weight excluding hydrogens is 348 g/mol. The van der Waals surface area contributed by atoms with Gasteiger partial charge < -0.3 is 15.4 Å². The number of hydrogen-bond donors (Lipinski definition) is 2. The van der Waals surface area contributed by atoms with Crippen LogP contribution in [0.25, 0.3) is 0 Å². The molecule has 0 amide bonds. The fourth-order valence-electron chi connectivity index (χ4n) is 2.30. The van der Waals surface area contributed by atoms with Crippen LogP contribution in [-0.4, -0.2) is 12.2 Å². The Balaban J connectivity index is 1.73. The van der Waals surface area contributed by atoms with Crippen molar-refractivity contribution in [1.82, 2.24) is 0 Å². The number of anilines is 2. The molecule has 0 spiro atoms. The molecule has 3 nitrogen and oxygen atoms in total. The summed E-state index contributed by atoms with van der Waals surface area (Å²) in [4.78, 5) is 2.29. The Morgan fingerprint density at radius 3 is 2.16 bits per heavy atom. The van der Waals surface area contributed by atoms with E-state index in [0.29, 0.717) is 5.11 Å². The number of nitrogens with one attached hydrogen (secondary N) is 2. The Labute approximate surface area is 157 Å². The van der Waals surface area contributed by atoms with Crippen LogP contribution in [0.15, 0.2) is 88.7 Å². The summed E-state index contributed by atoms with van der Waals surface area (Å²) in [6, 6.07) is 26.0. The maximum Gasteiger partial charge on any atom is 0.175 e. The predicted octanol–water partition coefficient (Wildman–Crippen LogP) is 5.66. The second kappa shape index (κ2) is 8.55. The first-order valence-electron chi connectivity index (χ1n) is 7.79. The van der Waals surface area contributed by atoms with Gasteiger partial charge in [0, 0.05) is 9.79 Å². The highest BCUT2D eigenvalue weighted by Crippen LogP contribution is 2.33. The van der Waals surface area contributed by atoms with E-state index >= 15 is 0 Å². The second-order valence-electron chi connectivity index (χ2n) is 5.19. The number of rotatable bonds is 5. The van der Waals surface area contributed by atoms with Crippen molar-refractivity contribution in [1.29, 1.82) is 0 Å². The lowest BCUT2D eigenvalue weighted by molar-refractivity contribution is 0.417. The molecule has 0 aliphatic heterocycles. The molecule has 0 radical (unpaired) electrons. The normalized spacial score (nSPS) is 10.1. The molecule has 126 valence electrons. The smallest absolute Gasteiger partial charge is 0.175 e. The summed E-state index contributed by atoms with van der Waals surface area (Å²) in [5.74, 6) is 0.749. The topological polar surface area (TPSA) is 33.3 Å². The third kappa shape index (κ3) is 4.75. The van der Waals surface area contributed by atoms with E-state index in [1.165, 1.54) is 4.90 Å². The zero-order valence-electron chi connectivity index (χ0n) is 13.7. The summed E-state index contributed by atoms with van der Waals surface area (Å²) in [6.07, 6.45) is 0. The summed E-state index contributed by atoms with van der Waals surface area (Å²) in [5.41, 5.74) is 1.79. The molecule has 5 heteroatoms. The third-order valence-corrected chi connectivity index (χ3v) is 4.75. The standard InChI is InChI=1S/C20H18N2OS2/c1-23-18-13-7-5-11-16(18)21-20(24)22-17-12-6-8-14-19(17)25-15-9-3-2-4-10-15/h2-14H,1H3,(H2,21,22,24). The van der Waals surface area contributed by atoms with Crippen LogP contribution < -0.4 is 15.4 Å². The van der Waals surface area contributed by atoms with Crippen LogP contribution in [0.1, 0.15) is 0 Å². The first-order valence-corrected chi connectivity index (χ1v) is 9.01. The van der Waals surface area contributed by atoms with Gasteiger partial charge in [-0.3, -0.25) is 0 Å². The first kappa shape index (κ1) is 17.3.